The van der Waals surface area contributed by atoms with Crippen LogP contribution in [0.5, 0.6) is 0 Å². The van der Waals surface area contributed by atoms with Crippen molar-refractivity contribution in [2.45, 2.75) is 46.6 Å². The minimum absolute atomic E-state index is 0.465. The normalized spacial score (nSPS) is 12.9. The van der Waals surface area contributed by atoms with Crippen LogP contribution in [0.2, 0.25) is 0 Å². The molecule has 1 unspecified atom stereocenters. The molecule has 1 rings (SSSR count). The summed E-state index contributed by atoms with van der Waals surface area (Å²) in [7, 11) is 0. The van der Waals surface area contributed by atoms with Gasteiger partial charge in [0, 0.05) is 7.77 Å². The second kappa shape index (κ2) is 7.04. The Labute approximate surface area is 100 Å². The van der Waals surface area contributed by atoms with Gasteiger partial charge in [-0.2, -0.15) is 0 Å². The molecule has 2 nitrogen and oxygen atoms in total. The first-order chi connectivity index (χ1) is 7.72. The maximum atomic E-state index is 10.7. The van der Waals surface area contributed by atoms with Gasteiger partial charge < -0.3 is 4.74 Å². The van der Waals surface area contributed by atoms with Crippen molar-refractivity contribution in [1.82, 2.24) is 0 Å². The minimum atomic E-state index is -0.778. The molecule has 0 aromatic heterocycles. The van der Waals surface area contributed by atoms with Gasteiger partial charge in [0.1, 0.15) is 5.60 Å². The van der Waals surface area contributed by atoms with Gasteiger partial charge >= 0.3 is 5.97 Å². The second-order valence-electron chi connectivity index (χ2n) is 4.48. The zero-order valence-corrected chi connectivity index (χ0v) is 10.8. The zero-order valence-electron chi connectivity index (χ0n) is 11.8. The van der Waals surface area contributed by atoms with E-state index in [4.69, 9.17) is 6.11 Å². The third-order valence-electron chi connectivity index (χ3n) is 1.58. The molecule has 0 aliphatic heterocycles. The minimum Gasteiger partial charge on any atom is -0.460 e. The Hall–Kier alpha value is -1.31. The third kappa shape index (κ3) is 9.25. The largest absolute Gasteiger partial charge is 0.460 e. The third-order valence-corrected chi connectivity index (χ3v) is 1.58. The summed E-state index contributed by atoms with van der Waals surface area (Å²) in [4.78, 5) is 10.7. The summed E-state index contributed by atoms with van der Waals surface area (Å²) >= 11 is 0. The molecular weight excluding hydrogens is 200 g/mol. The first kappa shape index (κ1) is 12.8. The van der Waals surface area contributed by atoms with Gasteiger partial charge in [0.25, 0.3) is 0 Å². The summed E-state index contributed by atoms with van der Waals surface area (Å²) < 4.78 is 11.9. The van der Waals surface area contributed by atoms with Gasteiger partial charge in [0.15, 0.2) is 0 Å². The van der Waals surface area contributed by atoms with Crippen molar-refractivity contribution in [3.8, 4) is 0 Å². The lowest BCUT2D eigenvalue weighted by Gasteiger charge is -2.18. The first-order valence-electron chi connectivity index (χ1n) is 5.97. The van der Waals surface area contributed by atoms with Gasteiger partial charge in [0.05, 0.1) is 0 Å². The Balaban J connectivity index is 0.000000318. The van der Waals surface area contributed by atoms with E-state index in [1.54, 1.807) is 20.8 Å². The Morgan fingerprint density at radius 2 is 1.81 bits per heavy atom. The van der Waals surface area contributed by atoms with E-state index < -0.39 is 18.0 Å². The van der Waals surface area contributed by atoms with Crippen molar-refractivity contribution in [2.24, 2.45) is 0 Å². The van der Waals surface area contributed by atoms with Gasteiger partial charge in [-0.3, -0.25) is 4.79 Å². The molecule has 0 radical (unpaired) electrons. The molecule has 2 heteroatoms. The topological polar surface area (TPSA) is 26.3 Å². The predicted octanol–water partition coefficient (Wildman–Crippen LogP) is 3.73. The molecule has 0 spiro atoms. The van der Waals surface area contributed by atoms with Crippen molar-refractivity contribution >= 4 is 5.97 Å². The van der Waals surface area contributed by atoms with E-state index in [-0.39, 0.29) is 0 Å². The highest BCUT2D eigenvalue weighted by Gasteiger charge is 2.13. The van der Waals surface area contributed by atoms with Crippen LogP contribution in [-0.2, 0) is 9.53 Å². The lowest BCUT2D eigenvalue weighted by Crippen LogP contribution is -2.23. The van der Waals surface area contributed by atoms with Gasteiger partial charge in [-0.1, -0.05) is 42.8 Å². The maximum absolute atomic E-state index is 10.7. The number of carbonyl (C=O) groups excluding carboxylic acids is 1. The van der Waals surface area contributed by atoms with Crippen LogP contribution in [0.3, 0.4) is 0 Å². The van der Waals surface area contributed by atoms with Crippen LogP contribution >= 0.6 is 0 Å². The smallest absolute Gasteiger partial charge is 0.306 e. The van der Waals surface area contributed by atoms with Crippen molar-refractivity contribution in [2.75, 3.05) is 0 Å². The van der Waals surface area contributed by atoms with E-state index >= 15 is 0 Å². The average Bonchev–Trinajstić information content (AvgIpc) is 2.17. The highest BCUT2D eigenvalue weighted by Crippen LogP contribution is 2.07. The van der Waals surface area contributed by atoms with E-state index in [1.807, 2.05) is 18.2 Å². The van der Waals surface area contributed by atoms with Gasteiger partial charge in [-0.15, -0.1) is 0 Å². The molecule has 0 amide bonds. The molecule has 90 valence electrons. The predicted molar refractivity (Wildman–Crippen MR) is 67.3 cm³/mol. The van der Waals surface area contributed by atoms with Crippen LogP contribution in [0.4, 0.5) is 0 Å². The number of aryl methyl sites for hydroxylation is 1. The molecular formula is C14H22O2. The number of rotatable bonds is 1. The molecule has 1 aromatic rings. The van der Waals surface area contributed by atoms with E-state index in [1.165, 1.54) is 12.5 Å². The molecule has 0 N–H and O–H groups in total. The Kier molecular flexibility index (Phi) is 5.62. The lowest BCUT2D eigenvalue weighted by molar-refractivity contribution is -0.154. The SMILES string of the molecule is Cc1ccccc1.[3H]C(C)C(=O)OC(C)(C)C. The number of carbonyl (C=O) groups is 1. The Bertz CT molecular complexity index is 326. The van der Waals surface area contributed by atoms with E-state index in [0.29, 0.717) is 0 Å². The number of esters is 1. The van der Waals surface area contributed by atoms with Crippen molar-refractivity contribution < 1.29 is 10.9 Å². The molecule has 1 aromatic carbocycles. The monoisotopic (exact) mass is 224 g/mol. The maximum Gasteiger partial charge on any atom is 0.306 e. The van der Waals surface area contributed by atoms with Gasteiger partial charge in [0.2, 0.25) is 0 Å². The molecule has 0 bridgehead atoms. The van der Waals surface area contributed by atoms with E-state index in [0.717, 1.165) is 0 Å². The van der Waals surface area contributed by atoms with Crippen LogP contribution in [0, 0.1) is 6.92 Å². The highest BCUT2D eigenvalue weighted by molar-refractivity contribution is 5.69. The van der Waals surface area contributed by atoms with Crippen LogP contribution in [0.1, 0.15) is 41.0 Å². The van der Waals surface area contributed by atoms with Crippen LogP contribution in [0.25, 0.3) is 0 Å². The molecule has 1 atom stereocenters. The van der Waals surface area contributed by atoms with Gasteiger partial charge in [-0.05, 0) is 27.7 Å². The van der Waals surface area contributed by atoms with Crippen LogP contribution in [0.15, 0.2) is 30.3 Å². The summed E-state index contributed by atoms with van der Waals surface area (Å²) in [5.41, 5.74) is 0.856. The first-order valence-corrected chi connectivity index (χ1v) is 5.39. The van der Waals surface area contributed by atoms with E-state index in [9.17, 15) is 4.79 Å². The second-order valence-corrected chi connectivity index (χ2v) is 4.48. The Morgan fingerprint density at radius 1 is 1.31 bits per heavy atom. The molecule has 16 heavy (non-hydrogen) atoms. The zero-order chi connectivity index (χ0) is 13.5. The highest BCUT2D eigenvalue weighted by atomic mass is 16.6. The quantitative estimate of drug-likeness (QED) is 0.679. The number of hydrogen-bond donors (Lipinski definition) is 0. The lowest BCUT2D eigenvalue weighted by atomic mass is 10.2. The van der Waals surface area contributed by atoms with Crippen molar-refractivity contribution in [3.63, 3.8) is 0 Å². The molecule has 0 saturated heterocycles. The summed E-state index contributed by atoms with van der Waals surface area (Å²) in [6, 6.07) is 10.3. The van der Waals surface area contributed by atoms with Gasteiger partial charge in [-0.25, -0.2) is 0 Å². The molecule has 0 aliphatic rings. The van der Waals surface area contributed by atoms with Crippen molar-refractivity contribution in [1.29, 1.82) is 0 Å². The molecule has 0 heterocycles. The molecule has 0 aliphatic carbocycles. The molecule has 0 fully saturated rings. The summed E-state index contributed by atoms with van der Waals surface area (Å²) in [6.07, 6.45) is -0.778. The molecule has 0 saturated carbocycles. The fourth-order valence-corrected chi connectivity index (χ4v) is 0.895. The number of hydrogen-bond acceptors (Lipinski definition) is 2. The van der Waals surface area contributed by atoms with Crippen LogP contribution < -0.4 is 0 Å². The van der Waals surface area contributed by atoms with E-state index in [2.05, 4.69) is 19.1 Å². The summed E-state index contributed by atoms with van der Waals surface area (Å²) in [6.45, 7) is 8.93. The summed E-state index contributed by atoms with van der Waals surface area (Å²) in [5, 5.41) is 0. The number of benzene rings is 1. The fourth-order valence-electron chi connectivity index (χ4n) is 0.895. The Morgan fingerprint density at radius 3 is 2.00 bits per heavy atom. The average molecular weight is 224 g/mol. The number of ether oxygens (including phenoxy) is 1. The summed E-state index contributed by atoms with van der Waals surface area (Å²) in [5.74, 6) is -0.465. The van der Waals surface area contributed by atoms with Crippen molar-refractivity contribution in [3.05, 3.63) is 35.9 Å². The van der Waals surface area contributed by atoms with Crippen LogP contribution in [-0.4, -0.2) is 11.6 Å². The fraction of sp³-hybridized carbons (Fsp3) is 0.500. The standard InChI is InChI=1S/C7H14O2.C7H8/c1-5-6(8)9-7(2,3)4;1-7-5-3-2-4-6-7/h5H2,1-4H3;2-6H,1H3/i5T;.